The fraction of sp³-hybridized carbons (Fsp3) is 0.375. The van der Waals surface area contributed by atoms with Gasteiger partial charge < -0.3 is 9.16 Å². The Kier molecular flexibility index (Phi) is 6.30. The van der Waals surface area contributed by atoms with E-state index < -0.39 is 13.9 Å². The Hall–Kier alpha value is -3.38. The summed E-state index contributed by atoms with van der Waals surface area (Å²) in [5.74, 6) is 0.945. The molecule has 198 valence electrons. The largest absolute Gasteiger partial charge is 0.543 e. The van der Waals surface area contributed by atoms with Gasteiger partial charge in [-0.1, -0.05) is 65.8 Å². The Labute approximate surface area is 226 Å². The number of carbonyl (C=O) groups excluding carboxylic acids is 2. The van der Waals surface area contributed by atoms with Crippen molar-refractivity contribution in [3.63, 3.8) is 0 Å². The summed E-state index contributed by atoms with van der Waals surface area (Å²) in [5, 5.41) is 0. The molecular formula is C32H37NO4Si. The number of hydrogen-bond donors (Lipinski definition) is 0. The second-order valence-corrected chi connectivity index (χ2v) is 17.3. The van der Waals surface area contributed by atoms with Crippen molar-refractivity contribution in [3.8, 4) is 22.6 Å². The normalized spacial score (nSPS) is 16.0. The zero-order valence-corrected chi connectivity index (χ0v) is 24.6. The third-order valence-electron chi connectivity index (χ3n) is 8.28. The number of rotatable bonds is 6. The molecule has 0 atom stereocenters. The van der Waals surface area contributed by atoms with E-state index in [4.69, 9.17) is 9.16 Å². The molecule has 5 nitrogen and oxygen atoms in total. The van der Waals surface area contributed by atoms with Crippen molar-refractivity contribution in [1.29, 1.82) is 0 Å². The fourth-order valence-electron chi connectivity index (χ4n) is 6.75. The van der Waals surface area contributed by atoms with Crippen molar-refractivity contribution in [2.24, 2.45) is 0 Å². The van der Waals surface area contributed by atoms with Gasteiger partial charge in [0.25, 0.3) is 20.1 Å². The lowest BCUT2D eigenvalue weighted by atomic mass is 9.81. The van der Waals surface area contributed by atoms with Gasteiger partial charge in [0.05, 0.1) is 16.8 Å². The number of hydrogen-bond acceptors (Lipinski definition) is 4. The average molecular weight is 528 g/mol. The van der Waals surface area contributed by atoms with Gasteiger partial charge in [0.15, 0.2) is 0 Å². The maximum atomic E-state index is 13.7. The van der Waals surface area contributed by atoms with Gasteiger partial charge in [-0.25, -0.2) is 4.90 Å². The number of amides is 2. The first kappa shape index (κ1) is 26.2. The minimum absolute atomic E-state index is 0.304. The van der Waals surface area contributed by atoms with E-state index >= 15 is 0 Å². The highest BCUT2D eigenvalue weighted by atomic mass is 28.4. The van der Waals surface area contributed by atoms with Crippen LogP contribution < -0.4 is 14.1 Å². The van der Waals surface area contributed by atoms with E-state index in [-0.39, 0.29) is 11.8 Å². The van der Waals surface area contributed by atoms with E-state index in [0.29, 0.717) is 33.4 Å². The number of benzene rings is 3. The highest BCUT2D eigenvalue weighted by Crippen LogP contribution is 2.51. The zero-order chi connectivity index (χ0) is 27.6. The van der Waals surface area contributed by atoms with E-state index in [0.717, 1.165) is 28.2 Å². The molecule has 0 aromatic heterocycles. The van der Waals surface area contributed by atoms with Crippen molar-refractivity contribution in [1.82, 2.24) is 0 Å². The molecule has 2 heterocycles. The van der Waals surface area contributed by atoms with Gasteiger partial charge in [-0.05, 0) is 66.4 Å². The van der Waals surface area contributed by atoms with Crippen LogP contribution in [0, 0.1) is 0 Å². The second-order valence-electron chi connectivity index (χ2n) is 11.9. The highest BCUT2D eigenvalue weighted by Gasteiger charge is 2.48. The van der Waals surface area contributed by atoms with Gasteiger partial charge in [-0.3, -0.25) is 9.59 Å². The molecule has 0 aliphatic carbocycles. The van der Waals surface area contributed by atoms with Crippen molar-refractivity contribution < 1.29 is 18.8 Å². The smallest absolute Gasteiger partial charge is 0.266 e. The molecule has 2 aliphatic heterocycles. The zero-order valence-electron chi connectivity index (χ0n) is 23.6. The van der Waals surface area contributed by atoms with Gasteiger partial charge in [-0.15, -0.1) is 0 Å². The van der Waals surface area contributed by atoms with E-state index in [1.165, 1.54) is 4.90 Å². The summed E-state index contributed by atoms with van der Waals surface area (Å²) < 4.78 is 13.5. The predicted octanol–water partition coefficient (Wildman–Crippen LogP) is 8.34. The van der Waals surface area contributed by atoms with Crippen molar-refractivity contribution in [3.05, 3.63) is 77.4 Å². The van der Waals surface area contributed by atoms with Crippen LogP contribution in [0.25, 0.3) is 11.1 Å². The number of fused-ring (bicyclic) bond motifs is 5. The van der Waals surface area contributed by atoms with Gasteiger partial charge in [0, 0.05) is 17.2 Å². The molecule has 0 saturated carbocycles. The summed E-state index contributed by atoms with van der Waals surface area (Å²) in [4.78, 5) is 28.3. The lowest BCUT2D eigenvalue weighted by Gasteiger charge is -2.42. The molecule has 38 heavy (non-hydrogen) atoms. The van der Waals surface area contributed by atoms with Crippen LogP contribution in [0.1, 0.15) is 81.7 Å². The number of anilines is 1. The van der Waals surface area contributed by atoms with Gasteiger partial charge in [0.1, 0.15) is 17.1 Å². The minimum Gasteiger partial charge on any atom is -0.543 e. The summed E-state index contributed by atoms with van der Waals surface area (Å²) in [7, 11) is -2.13. The number of imide groups is 1. The summed E-state index contributed by atoms with van der Waals surface area (Å²) in [6.45, 7) is 17.6. The van der Waals surface area contributed by atoms with Crippen LogP contribution in [0.5, 0.6) is 11.5 Å². The van der Waals surface area contributed by atoms with Crippen LogP contribution in [0.15, 0.2) is 60.7 Å². The molecule has 6 heteroatoms. The average Bonchev–Trinajstić information content (AvgIpc) is 3.11. The monoisotopic (exact) mass is 527 g/mol. The third kappa shape index (κ3) is 3.80. The molecule has 2 aliphatic rings. The summed E-state index contributed by atoms with van der Waals surface area (Å²) in [5.41, 5.74) is 4.52. The first-order valence-electron chi connectivity index (χ1n) is 13.5. The molecule has 0 N–H and O–H groups in total. The van der Waals surface area contributed by atoms with Gasteiger partial charge >= 0.3 is 0 Å². The second kappa shape index (κ2) is 9.12. The maximum Gasteiger partial charge on any atom is 0.266 e. The molecule has 0 fully saturated rings. The lowest BCUT2D eigenvalue weighted by Crippen LogP contribution is -2.50. The van der Waals surface area contributed by atoms with E-state index in [9.17, 15) is 9.59 Å². The molecule has 3 aromatic rings. The van der Waals surface area contributed by atoms with E-state index in [1.807, 2.05) is 56.3 Å². The van der Waals surface area contributed by atoms with Crippen LogP contribution in [-0.4, -0.2) is 20.1 Å². The van der Waals surface area contributed by atoms with Crippen LogP contribution in [0.4, 0.5) is 5.69 Å². The molecule has 0 bridgehead atoms. The lowest BCUT2D eigenvalue weighted by molar-refractivity contribution is 0.0905. The van der Waals surface area contributed by atoms with Gasteiger partial charge in [0.2, 0.25) is 0 Å². The molecule has 5 rings (SSSR count). The third-order valence-corrected chi connectivity index (χ3v) is 14.3. The molecular weight excluding hydrogens is 490 g/mol. The molecule has 0 saturated heterocycles. The number of nitrogens with zero attached hydrogens (tertiary/aromatic N) is 1. The van der Waals surface area contributed by atoms with Crippen molar-refractivity contribution >= 4 is 25.8 Å². The number of ether oxygens (including phenoxy) is 1. The first-order valence-corrected chi connectivity index (χ1v) is 15.7. The number of carbonyl (C=O) groups is 2. The SMILES string of the molecule is CC(C)[Si](Oc1ccc2c(c1)OC(C)(C)c1c-2ccc2c1C(=O)N(c1ccccc1)C2=O)(C(C)C)C(C)C. The predicted molar refractivity (Wildman–Crippen MR) is 155 cm³/mol. The number of para-hydroxylation sites is 1. The Morgan fingerprint density at radius 3 is 1.95 bits per heavy atom. The molecule has 2 amide bonds. The first-order chi connectivity index (χ1) is 17.9. The Morgan fingerprint density at radius 1 is 0.763 bits per heavy atom. The van der Waals surface area contributed by atoms with Crippen LogP contribution >= 0.6 is 0 Å². The maximum absolute atomic E-state index is 13.7. The standard InChI is InChI=1S/C32H37NO4Si/c1-19(2)38(20(3)4,21(5)6)37-23-14-15-24-25-16-17-26-28(29(25)32(7,8)36-27(24)18-23)31(35)33(30(26)34)22-12-10-9-11-13-22/h9-21H,1-8H3. The van der Waals surface area contributed by atoms with E-state index in [1.54, 1.807) is 18.2 Å². The van der Waals surface area contributed by atoms with Crippen LogP contribution in [-0.2, 0) is 5.60 Å². The highest BCUT2D eigenvalue weighted by molar-refractivity contribution is 6.78. The van der Waals surface area contributed by atoms with Crippen LogP contribution in [0.2, 0.25) is 16.6 Å². The Balaban J connectivity index is 1.61. The quantitative estimate of drug-likeness (QED) is 0.239. The van der Waals surface area contributed by atoms with Crippen molar-refractivity contribution in [2.45, 2.75) is 77.6 Å². The topological polar surface area (TPSA) is 55.8 Å². The van der Waals surface area contributed by atoms with Crippen LogP contribution in [0.3, 0.4) is 0 Å². The minimum atomic E-state index is -2.13. The Bertz CT molecular complexity index is 1400. The molecule has 0 unspecified atom stereocenters. The van der Waals surface area contributed by atoms with Crippen molar-refractivity contribution in [2.75, 3.05) is 4.90 Å². The van der Waals surface area contributed by atoms with E-state index in [2.05, 4.69) is 41.5 Å². The molecule has 0 spiro atoms. The Morgan fingerprint density at radius 2 is 1.34 bits per heavy atom. The summed E-state index contributed by atoms with van der Waals surface area (Å²) in [6.07, 6.45) is 0. The molecule has 3 aromatic carbocycles. The van der Waals surface area contributed by atoms with Gasteiger partial charge in [-0.2, -0.15) is 0 Å². The summed E-state index contributed by atoms with van der Waals surface area (Å²) >= 11 is 0. The fourth-order valence-corrected chi connectivity index (χ4v) is 12.0. The molecule has 0 radical (unpaired) electrons. The summed E-state index contributed by atoms with van der Waals surface area (Å²) in [6, 6.07) is 18.9.